The summed E-state index contributed by atoms with van der Waals surface area (Å²) in [4.78, 5) is 20.8. The lowest BCUT2D eigenvalue weighted by molar-refractivity contribution is -0.131. The van der Waals surface area contributed by atoms with Crippen LogP contribution in [0.1, 0.15) is 40.6 Å². The molecule has 2 aromatic carbocycles. The molecule has 6 heteroatoms. The first-order chi connectivity index (χ1) is 16.2. The highest BCUT2D eigenvalue weighted by atomic mass is 32.1. The van der Waals surface area contributed by atoms with Gasteiger partial charge in [-0.3, -0.25) is 4.79 Å². The molecule has 1 fully saturated rings. The third-order valence-electron chi connectivity index (χ3n) is 6.57. The molecule has 2 aromatic heterocycles. The number of carbonyl (C=O) groups excluding carboxylic acids is 1. The summed E-state index contributed by atoms with van der Waals surface area (Å²) in [5.74, 6) is 1.60. The van der Waals surface area contributed by atoms with Crippen molar-refractivity contribution in [3.8, 4) is 0 Å². The van der Waals surface area contributed by atoms with Crippen molar-refractivity contribution >= 4 is 17.2 Å². The van der Waals surface area contributed by atoms with Crippen LogP contribution in [0.15, 0.2) is 82.7 Å². The first-order valence-electron chi connectivity index (χ1n) is 11.5. The average Bonchev–Trinajstić information content (AvgIpc) is 3.57. The normalized spacial score (nSPS) is 15.5. The third-order valence-corrected chi connectivity index (χ3v) is 7.44. The van der Waals surface area contributed by atoms with Gasteiger partial charge in [-0.15, -0.1) is 11.3 Å². The van der Waals surface area contributed by atoms with Crippen molar-refractivity contribution in [2.75, 3.05) is 13.1 Å². The van der Waals surface area contributed by atoms with Gasteiger partial charge in [-0.2, -0.15) is 4.98 Å². The summed E-state index contributed by atoms with van der Waals surface area (Å²) in [5, 5.41) is 6.46. The summed E-state index contributed by atoms with van der Waals surface area (Å²) < 4.78 is 5.69. The lowest BCUT2D eigenvalue weighted by atomic mass is 9.72. The second-order valence-corrected chi connectivity index (χ2v) is 9.61. The topological polar surface area (TPSA) is 59.2 Å². The first kappa shape index (κ1) is 21.6. The maximum absolute atomic E-state index is 12.9. The monoisotopic (exact) mass is 457 g/mol. The third kappa shape index (κ3) is 4.76. The van der Waals surface area contributed by atoms with Crippen LogP contribution in [0, 0.1) is 0 Å². The van der Waals surface area contributed by atoms with Crippen molar-refractivity contribution in [1.82, 2.24) is 15.0 Å². The number of rotatable bonds is 7. The first-order valence-corrected chi connectivity index (χ1v) is 12.3. The van der Waals surface area contributed by atoms with Crippen molar-refractivity contribution < 1.29 is 9.32 Å². The number of hydrogen-bond acceptors (Lipinski definition) is 5. The van der Waals surface area contributed by atoms with Crippen LogP contribution in [0.2, 0.25) is 0 Å². The van der Waals surface area contributed by atoms with Gasteiger partial charge in [0.1, 0.15) is 0 Å². The fourth-order valence-electron chi connectivity index (χ4n) is 4.66. The minimum Gasteiger partial charge on any atom is -0.342 e. The van der Waals surface area contributed by atoms with Gasteiger partial charge in [0.25, 0.3) is 0 Å². The molecule has 5 nitrogen and oxygen atoms in total. The minimum atomic E-state index is -0.338. The number of aryl methyl sites for hydroxylation is 2. The molecule has 0 bridgehead atoms. The molecule has 0 spiro atoms. The molecule has 1 aliphatic rings. The number of benzene rings is 2. The summed E-state index contributed by atoms with van der Waals surface area (Å²) in [6.07, 6.45) is 3.62. The molecule has 33 heavy (non-hydrogen) atoms. The molecule has 168 valence electrons. The summed E-state index contributed by atoms with van der Waals surface area (Å²) in [7, 11) is 0. The zero-order valence-electron chi connectivity index (χ0n) is 18.5. The molecule has 0 N–H and O–H groups in total. The smallest absolute Gasteiger partial charge is 0.227 e. The number of piperidine rings is 1. The second kappa shape index (κ2) is 9.71. The van der Waals surface area contributed by atoms with E-state index in [2.05, 4.69) is 41.6 Å². The largest absolute Gasteiger partial charge is 0.342 e. The van der Waals surface area contributed by atoms with E-state index in [1.807, 2.05) is 46.7 Å². The van der Waals surface area contributed by atoms with E-state index in [4.69, 9.17) is 9.51 Å². The van der Waals surface area contributed by atoms with Gasteiger partial charge in [-0.05, 0) is 41.8 Å². The Kier molecular flexibility index (Phi) is 6.35. The van der Waals surface area contributed by atoms with Crippen LogP contribution in [0.25, 0.3) is 0 Å². The Morgan fingerprint density at radius 1 is 0.939 bits per heavy atom. The standard InChI is InChI=1S/C27H27N3O2S/c31-25(20-23-12-7-19-33-23)30-17-15-27(16-18-30,22-10-5-2-6-11-22)26-28-24(32-29-26)14-13-21-8-3-1-4-9-21/h1-12,19H,13-18,20H2. The molecule has 0 unspecified atom stereocenters. The Morgan fingerprint density at radius 2 is 1.67 bits per heavy atom. The van der Waals surface area contributed by atoms with Crippen LogP contribution in [0.5, 0.6) is 0 Å². The number of amides is 1. The summed E-state index contributed by atoms with van der Waals surface area (Å²) in [5.41, 5.74) is 2.11. The predicted molar refractivity (Wildman–Crippen MR) is 129 cm³/mol. The Hall–Kier alpha value is -3.25. The average molecular weight is 458 g/mol. The molecule has 1 amide bonds. The van der Waals surface area contributed by atoms with Crippen LogP contribution in [0.3, 0.4) is 0 Å². The van der Waals surface area contributed by atoms with Crippen LogP contribution in [-0.4, -0.2) is 34.0 Å². The number of thiophene rings is 1. The molecule has 5 rings (SSSR count). The van der Waals surface area contributed by atoms with Crippen LogP contribution in [-0.2, 0) is 29.5 Å². The Morgan fingerprint density at radius 3 is 2.36 bits per heavy atom. The highest BCUT2D eigenvalue weighted by Gasteiger charge is 2.42. The van der Waals surface area contributed by atoms with Crippen molar-refractivity contribution in [2.45, 2.75) is 37.5 Å². The highest BCUT2D eigenvalue weighted by Crippen LogP contribution is 2.40. The number of carbonyl (C=O) groups is 1. The zero-order valence-corrected chi connectivity index (χ0v) is 19.3. The molecule has 0 atom stereocenters. The minimum absolute atomic E-state index is 0.191. The van der Waals surface area contributed by atoms with E-state index in [0.29, 0.717) is 31.8 Å². The van der Waals surface area contributed by atoms with Crippen LogP contribution in [0.4, 0.5) is 0 Å². The van der Waals surface area contributed by atoms with Gasteiger partial charge in [-0.1, -0.05) is 71.9 Å². The lowest BCUT2D eigenvalue weighted by Crippen LogP contribution is -2.46. The van der Waals surface area contributed by atoms with E-state index >= 15 is 0 Å². The van der Waals surface area contributed by atoms with Gasteiger partial charge in [0.05, 0.1) is 11.8 Å². The van der Waals surface area contributed by atoms with E-state index in [0.717, 1.165) is 30.0 Å². The fourth-order valence-corrected chi connectivity index (χ4v) is 5.35. The Labute approximate surface area is 198 Å². The van der Waals surface area contributed by atoms with Gasteiger partial charge in [0.15, 0.2) is 5.82 Å². The number of hydrogen-bond donors (Lipinski definition) is 0. The van der Waals surface area contributed by atoms with E-state index in [-0.39, 0.29) is 11.3 Å². The Balaban J connectivity index is 1.33. The van der Waals surface area contributed by atoms with E-state index in [1.54, 1.807) is 11.3 Å². The van der Waals surface area contributed by atoms with Crippen molar-refractivity contribution in [3.05, 3.63) is 106 Å². The maximum Gasteiger partial charge on any atom is 0.227 e. The number of likely N-dealkylation sites (tertiary alicyclic amines) is 1. The molecular weight excluding hydrogens is 430 g/mol. The van der Waals surface area contributed by atoms with Crippen LogP contribution >= 0.6 is 11.3 Å². The molecule has 0 radical (unpaired) electrons. The molecule has 0 aliphatic carbocycles. The van der Waals surface area contributed by atoms with Gasteiger partial charge < -0.3 is 9.42 Å². The molecule has 1 aliphatic heterocycles. The molecule has 3 heterocycles. The van der Waals surface area contributed by atoms with Crippen molar-refractivity contribution in [2.24, 2.45) is 0 Å². The summed E-state index contributed by atoms with van der Waals surface area (Å²) in [6, 6.07) is 24.8. The fraction of sp³-hybridized carbons (Fsp3) is 0.296. The van der Waals surface area contributed by atoms with E-state index in [1.165, 1.54) is 11.1 Å². The van der Waals surface area contributed by atoms with Crippen molar-refractivity contribution in [3.63, 3.8) is 0 Å². The summed E-state index contributed by atoms with van der Waals surface area (Å²) >= 11 is 1.63. The number of nitrogens with zero attached hydrogens (tertiary/aromatic N) is 3. The Bertz CT molecular complexity index is 1160. The van der Waals surface area contributed by atoms with Gasteiger partial charge in [0, 0.05) is 24.4 Å². The molecule has 1 saturated heterocycles. The van der Waals surface area contributed by atoms with Crippen molar-refractivity contribution in [1.29, 1.82) is 0 Å². The van der Waals surface area contributed by atoms with E-state index < -0.39 is 0 Å². The maximum atomic E-state index is 12.9. The van der Waals surface area contributed by atoms with Gasteiger partial charge >= 0.3 is 0 Å². The van der Waals surface area contributed by atoms with Gasteiger partial charge in [-0.25, -0.2) is 0 Å². The predicted octanol–water partition coefficient (Wildman–Crippen LogP) is 5.07. The number of aromatic nitrogens is 2. The van der Waals surface area contributed by atoms with E-state index in [9.17, 15) is 4.79 Å². The SMILES string of the molecule is O=C(Cc1cccs1)N1CCC(c2ccccc2)(c2noc(CCc3ccccc3)n2)CC1. The quantitative estimate of drug-likeness (QED) is 0.389. The summed E-state index contributed by atoms with van der Waals surface area (Å²) in [6.45, 7) is 1.37. The lowest BCUT2D eigenvalue weighted by Gasteiger charge is -2.40. The molecular formula is C27H27N3O2S. The molecule has 4 aromatic rings. The second-order valence-electron chi connectivity index (χ2n) is 8.58. The zero-order chi connectivity index (χ0) is 22.5. The molecule has 0 saturated carbocycles. The van der Waals surface area contributed by atoms with Crippen LogP contribution < -0.4 is 0 Å². The van der Waals surface area contributed by atoms with Gasteiger partial charge in [0.2, 0.25) is 11.8 Å². The highest BCUT2D eigenvalue weighted by molar-refractivity contribution is 7.10.